The van der Waals surface area contributed by atoms with Gasteiger partial charge in [-0.3, -0.25) is 4.79 Å². The molecule has 5 nitrogen and oxygen atoms in total. The van der Waals surface area contributed by atoms with Crippen molar-refractivity contribution in [3.63, 3.8) is 0 Å². The van der Waals surface area contributed by atoms with Gasteiger partial charge in [-0.1, -0.05) is 39.0 Å². The van der Waals surface area contributed by atoms with Crippen LogP contribution in [-0.4, -0.2) is 10.8 Å². The van der Waals surface area contributed by atoms with E-state index in [1.54, 1.807) is 0 Å². The molecule has 138 valence electrons. The predicted octanol–water partition coefficient (Wildman–Crippen LogP) is 4.18. The summed E-state index contributed by atoms with van der Waals surface area (Å²) >= 11 is 0. The minimum atomic E-state index is -0.483. The summed E-state index contributed by atoms with van der Waals surface area (Å²) in [5, 5.41) is 10.8. The van der Waals surface area contributed by atoms with Crippen molar-refractivity contribution in [3.05, 3.63) is 58.3 Å². The van der Waals surface area contributed by atoms with Gasteiger partial charge in [0, 0.05) is 35.5 Å². The van der Waals surface area contributed by atoms with E-state index in [2.05, 4.69) is 24.0 Å². The molecule has 0 saturated carbocycles. The van der Waals surface area contributed by atoms with Gasteiger partial charge in [-0.05, 0) is 23.0 Å². The summed E-state index contributed by atoms with van der Waals surface area (Å²) < 4.78 is 5.77. The van der Waals surface area contributed by atoms with Crippen molar-refractivity contribution >= 4 is 16.7 Å². The Morgan fingerprint density at radius 3 is 2.85 bits per heavy atom. The number of aryl methyl sites for hydroxylation is 1. The molecule has 1 unspecified atom stereocenters. The summed E-state index contributed by atoms with van der Waals surface area (Å²) in [7, 11) is 0. The highest BCUT2D eigenvalue weighted by Gasteiger charge is 2.43. The van der Waals surface area contributed by atoms with Crippen LogP contribution in [0.5, 0.6) is 0 Å². The second kappa shape index (κ2) is 6.02. The molecule has 0 spiro atoms. The molecular weight excluding hydrogens is 338 g/mol. The minimum absolute atomic E-state index is 0.0347. The van der Waals surface area contributed by atoms with Crippen molar-refractivity contribution in [2.45, 2.75) is 46.0 Å². The third-order valence-corrected chi connectivity index (χ3v) is 5.60. The van der Waals surface area contributed by atoms with E-state index in [9.17, 15) is 10.1 Å². The lowest BCUT2D eigenvalue weighted by Gasteiger charge is -2.37. The van der Waals surface area contributed by atoms with Crippen LogP contribution < -0.4 is 5.73 Å². The maximum absolute atomic E-state index is 13.1. The molecule has 2 aliphatic rings. The lowest BCUT2D eigenvalue weighted by atomic mass is 9.70. The molecule has 0 saturated heterocycles. The average molecular weight is 361 g/mol. The van der Waals surface area contributed by atoms with E-state index in [1.807, 2.05) is 32.2 Å². The maximum Gasteiger partial charge on any atom is 0.205 e. The number of allylic oxidation sites excluding steroid dienone is 3. The summed E-state index contributed by atoms with van der Waals surface area (Å²) in [6, 6.07) is 8.31. The second-order valence-electron chi connectivity index (χ2n) is 8.14. The van der Waals surface area contributed by atoms with Gasteiger partial charge in [-0.2, -0.15) is 5.26 Å². The number of benzene rings is 1. The smallest absolute Gasteiger partial charge is 0.205 e. The number of carbonyl (C=O) groups excluding carboxylic acids is 1. The Hall–Kier alpha value is -3.00. The van der Waals surface area contributed by atoms with Crippen LogP contribution in [0.2, 0.25) is 0 Å². The van der Waals surface area contributed by atoms with Crippen LogP contribution in [0.4, 0.5) is 0 Å². The zero-order valence-electron chi connectivity index (χ0n) is 15.8. The lowest BCUT2D eigenvalue weighted by molar-refractivity contribution is -0.119. The van der Waals surface area contributed by atoms with E-state index in [-0.39, 0.29) is 17.1 Å². The highest BCUT2D eigenvalue weighted by atomic mass is 16.5. The fourth-order valence-corrected chi connectivity index (χ4v) is 4.37. The standard InChI is InChI=1S/C22H23N3O2/c1-4-12-6-5-7-13-15(11-25-20(12)13)18-14(10-23)21(24)27-17-9-22(2,3)8-16(26)19(17)18/h5-7,11,18,25H,4,8-9,24H2,1-3H3. The SMILES string of the molecule is CCc1cccc2c(C3C(C#N)=C(N)OC4=C3C(=O)CC(C)(C)C4)c[nH]c12. The topological polar surface area (TPSA) is 91.9 Å². The van der Waals surface area contributed by atoms with Crippen molar-refractivity contribution in [1.82, 2.24) is 4.98 Å². The molecule has 0 amide bonds. The van der Waals surface area contributed by atoms with E-state index in [1.165, 1.54) is 5.56 Å². The Balaban J connectivity index is 1.96. The summed E-state index contributed by atoms with van der Waals surface area (Å²) in [6.07, 6.45) is 3.87. The van der Waals surface area contributed by atoms with Gasteiger partial charge in [0.05, 0.1) is 5.92 Å². The van der Waals surface area contributed by atoms with Crippen molar-refractivity contribution < 1.29 is 9.53 Å². The molecule has 4 rings (SSSR count). The zero-order valence-corrected chi connectivity index (χ0v) is 15.8. The highest BCUT2D eigenvalue weighted by molar-refractivity contribution is 6.01. The summed E-state index contributed by atoms with van der Waals surface area (Å²) in [4.78, 5) is 16.4. The number of nitrogens with two attached hydrogens (primary N) is 1. The lowest BCUT2D eigenvalue weighted by Crippen LogP contribution is -2.33. The highest BCUT2D eigenvalue weighted by Crippen LogP contribution is 2.49. The molecule has 2 aromatic rings. The molecule has 1 aliphatic carbocycles. The number of nitrogens with zero attached hydrogens (tertiary/aromatic N) is 1. The van der Waals surface area contributed by atoms with Crippen molar-refractivity contribution in [2.24, 2.45) is 11.1 Å². The monoisotopic (exact) mass is 361 g/mol. The van der Waals surface area contributed by atoms with E-state index in [4.69, 9.17) is 10.5 Å². The average Bonchev–Trinajstić information content (AvgIpc) is 3.03. The Morgan fingerprint density at radius 2 is 2.15 bits per heavy atom. The predicted molar refractivity (Wildman–Crippen MR) is 103 cm³/mol. The summed E-state index contributed by atoms with van der Waals surface area (Å²) in [5.74, 6) is 0.266. The van der Waals surface area contributed by atoms with Crippen molar-refractivity contribution in [3.8, 4) is 6.07 Å². The molecule has 1 aliphatic heterocycles. The van der Waals surface area contributed by atoms with E-state index in [0.717, 1.165) is 22.9 Å². The van der Waals surface area contributed by atoms with Crippen LogP contribution in [0.15, 0.2) is 47.2 Å². The largest absolute Gasteiger partial charge is 0.444 e. The number of H-pyrrole nitrogens is 1. The normalized spacial score (nSPS) is 21.9. The number of aromatic amines is 1. The van der Waals surface area contributed by atoms with Gasteiger partial charge in [0.1, 0.15) is 17.4 Å². The molecule has 5 heteroatoms. The van der Waals surface area contributed by atoms with Gasteiger partial charge in [0.25, 0.3) is 0 Å². The van der Waals surface area contributed by atoms with Gasteiger partial charge in [0.2, 0.25) is 5.88 Å². The van der Waals surface area contributed by atoms with Gasteiger partial charge in [-0.25, -0.2) is 0 Å². The molecule has 1 aromatic carbocycles. The number of ketones is 1. The van der Waals surface area contributed by atoms with Crippen LogP contribution in [0.25, 0.3) is 10.9 Å². The maximum atomic E-state index is 13.1. The van der Waals surface area contributed by atoms with E-state index in [0.29, 0.717) is 29.7 Å². The molecule has 0 bridgehead atoms. The number of ether oxygens (including phenoxy) is 1. The first-order valence-electron chi connectivity index (χ1n) is 9.29. The van der Waals surface area contributed by atoms with Crippen molar-refractivity contribution in [2.75, 3.05) is 0 Å². The second-order valence-corrected chi connectivity index (χ2v) is 8.14. The third-order valence-electron chi connectivity index (χ3n) is 5.60. The van der Waals surface area contributed by atoms with Crippen LogP contribution in [0, 0.1) is 16.7 Å². The molecular formula is C22H23N3O2. The fourth-order valence-electron chi connectivity index (χ4n) is 4.37. The van der Waals surface area contributed by atoms with Crippen LogP contribution in [-0.2, 0) is 16.0 Å². The number of rotatable bonds is 2. The van der Waals surface area contributed by atoms with E-state index < -0.39 is 5.92 Å². The molecule has 3 N–H and O–H groups in total. The van der Waals surface area contributed by atoms with Crippen LogP contribution in [0.1, 0.15) is 50.7 Å². The van der Waals surface area contributed by atoms with Gasteiger partial charge < -0.3 is 15.5 Å². The molecule has 1 atom stereocenters. The Bertz CT molecular complexity index is 1060. The van der Waals surface area contributed by atoms with Crippen molar-refractivity contribution in [1.29, 1.82) is 5.26 Å². The third kappa shape index (κ3) is 2.64. The minimum Gasteiger partial charge on any atom is -0.444 e. The molecule has 0 radical (unpaired) electrons. The first kappa shape index (κ1) is 17.4. The number of nitriles is 1. The molecule has 0 fully saturated rings. The number of carbonyl (C=O) groups is 1. The molecule has 1 aromatic heterocycles. The quantitative estimate of drug-likeness (QED) is 0.839. The number of aromatic nitrogens is 1. The number of hydrogen-bond donors (Lipinski definition) is 2. The first-order valence-corrected chi connectivity index (χ1v) is 9.29. The number of nitrogens with one attached hydrogen (secondary N) is 1. The zero-order chi connectivity index (χ0) is 19.3. The van der Waals surface area contributed by atoms with Gasteiger partial charge in [-0.15, -0.1) is 0 Å². The molecule has 2 heterocycles. The van der Waals surface area contributed by atoms with Gasteiger partial charge in [0.15, 0.2) is 5.78 Å². The Morgan fingerprint density at radius 1 is 1.37 bits per heavy atom. The Labute approximate surface area is 158 Å². The van der Waals surface area contributed by atoms with Gasteiger partial charge >= 0.3 is 0 Å². The first-order chi connectivity index (χ1) is 12.9. The summed E-state index contributed by atoms with van der Waals surface area (Å²) in [5.41, 5.74) is 9.97. The number of Topliss-reactive ketones (excluding diaryl/α,β-unsaturated/α-hetero) is 1. The van der Waals surface area contributed by atoms with E-state index >= 15 is 0 Å². The number of para-hydroxylation sites is 1. The fraction of sp³-hybridized carbons (Fsp3) is 0.364. The summed E-state index contributed by atoms with van der Waals surface area (Å²) in [6.45, 7) is 6.20. The van der Waals surface area contributed by atoms with Crippen LogP contribution >= 0.6 is 0 Å². The van der Waals surface area contributed by atoms with Crippen LogP contribution in [0.3, 0.4) is 0 Å². The Kier molecular flexibility index (Phi) is 3.88. The molecule has 27 heavy (non-hydrogen) atoms. The number of hydrogen-bond acceptors (Lipinski definition) is 4. The number of fused-ring (bicyclic) bond motifs is 1.